The maximum absolute atomic E-state index is 13.8. The minimum absolute atomic E-state index is 0.326. The molecule has 18 heavy (non-hydrogen) atoms. The van der Waals surface area contributed by atoms with E-state index in [9.17, 15) is 22.0 Å². The average molecular weight is 268 g/mol. The summed E-state index contributed by atoms with van der Waals surface area (Å²) in [5, 5.41) is 0. The number of hydrogen-bond acceptors (Lipinski definition) is 1. The van der Waals surface area contributed by atoms with Crippen LogP contribution in [0.25, 0.3) is 0 Å². The molecule has 6 heteroatoms. The van der Waals surface area contributed by atoms with E-state index in [0.717, 1.165) is 12.1 Å². The Labute approximate surface area is 102 Å². The van der Waals surface area contributed by atoms with Crippen LogP contribution in [0.4, 0.5) is 22.0 Å². The van der Waals surface area contributed by atoms with Crippen molar-refractivity contribution in [1.82, 2.24) is 0 Å². The molecule has 0 fully saturated rings. The Hall–Kier alpha value is -1.33. The van der Waals surface area contributed by atoms with Crippen LogP contribution < -0.4 is 4.74 Å². The molecule has 0 aliphatic rings. The molecule has 0 bridgehead atoms. The number of ether oxygens (including phenoxy) is 1. The van der Waals surface area contributed by atoms with E-state index in [-0.39, 0.29) is 0 Å². The van der Waals surface area contributed by atoms with Crippen molar-refractivity contribution in [3.63, 3.8) is 0 Å². The van der Waals surface area contributed by atoms with Crippen molar-refractivity contribution < 1.29 is 26.7 Å². The molecule has 0 spiro atoms. The van der Waals surface area contributed by atoms with Crippen molar-refractivity contribution in [2.45, 2.75) is 25.7 Å². The van der Waals surface area contributed by atoms with Gasteiger partial charge in [0, 0.05) is 5.56 Å². The predicted octanol–water partition coefficient (Wildman–Crippen LogP) is 4.01. The molecular formula is C12H13F5O. The molecule has 0 saturated carbocycles. The molecule has 0 heterocycles. The molecule has 0 aliphatic carbocycles. The highest BCUT2D eigenvalue weighted by atomic mass is 19.4. The van der Waals surface area contributed by atoms with E-state index >= 15 is 0 Å². The summed E-state index contributed by atoms with van der Waals surface area (Å²) >= 11 is 0. The SMILES string of the molecule is COc1c(C)cc([C@](F)(CF)C(F)(F)F)cc1C. The molecule has 0 amide bonds. The van der Waals surface area contributed by atoms with Gasteiger partial charge in [-0.25, -0.2) is 8.78 Å². The fourth-order valence-corrected chi connectivity index (χ4v) is 1.82. The van der Waals surface area contributed by atoms with E-state index in [2.05, 4.69) is 0 Å². The summed E-state index contributed by atoms with van der Waals surface area (Å²) < 4.78 is 69.1. The van der Waals surface area contributed by atoms with Crippen molar-refractivity contribution in [3.8, 4) is 5.75 Å². The van der Waals surface area contributed by atoms with Crippen LogP contribution in [-0.4, -0.2) is 20.0 Å². The first-order valence-corrected chi connectivity index (χ1v) is 5.14. The van der Waals surface area contributed by atoms with Crippen LogP contribution in [-0.2, 0) is 5.67 Å². The van der Waals surface area contributed by atoms with Gasteiger partial charge in [-0.2, -0.15) is 13.2 Å². The highest BCUT2D eigenvalue weighted by molar-refractivity contribution is 5.45. The summed E-state index contributed by atoms with van der Waals surface area (Å²) in [6, 6.07) is 1.91. The zero-order valence-electron chi connectivity index (χ0n) is 10.2. The van der Waals surface area contributed by atoms with Crippen LogP contribution in [0.2, 0.25) is 0 Å². The normalized spacial score (nSPS) is 15.3. The Morgan fingerprint density at radius 2 is 1.50 bits per heavy atom. The molecule has 0 N–H and O–H groups in total. The lowest BCUT2D eigenvalue weighted by atomic mass is 9.92. The van der Waals surface area contributed by atoms with Crippen LogP contribution in [0, 0.1) is 13.8 Å². The Morgan fingerprint density at radius 3 is 1.78 bits per heavy atom. The van der Waals surface area contributed by atoms with E-state index < -0.39 is 24.1 Å². The molecule has 1 nitrogen and oxygen atoms in total. The summed E-state index contributed by atoms with van der Waals surface area (Å²) in [7, 11) is 1.36. The number of alkyl halides is 5. The fourth-order valence-electron chi connectivity index (χ4n) is 1.82. The smallest absolute Gasteiger partial charge is 0.429 e. The van der Waals surface area contributed by atoms with Crippen molar-refractivity contribution >= 4 is 0 Å². The minimum atomic E-state index is -5.30. The first kappa shape index (κ1) is 14.7. The summed E-state index contributed by atoms with van der Waals surface area (Å²) in [4.78, 5) is 0. The van der Waals surface area contributed by atoms with Gasteiger partial charge in [-0.15, -0.1) is 0 Å². The van der Waals surface area contributed by atoms with Crippen molar-refractivity contribution in [3.05, 3.63) is 28.8 Å². The Bertz CT molecular complexity index is 418. The van der Waals surface area contributed by atoms with Gasteiger partial charge in [-0.1, -0.05) is 0 Å². The van der Waals surface area contributed by atoms with E-state index in [1.165, 1.54) is 21.0 Å². The minimum Gasteiger partial charge on any atom is -0.496 e. The lowest BCUT2D eigenvalue weighted by Crippen LogP contribution is -2.40. The van der Waals surface area contributed by atoms with Crippen molar-refractivity contribution in [2.24, 2.45) is 0 Å². The first-order chi connectivity index (χ1) is 8.17. The van der Waals surface area contributed by atoms with Gasteiger partial charge in [-0.3, -0.25) is 0 Å². The molecule has 0 radical (unpaired) electrons. The second kappa shape index (κ2) is 4.74. The monoisotopic (exact) mass is 268 g/mol. The molecule has 0 aliphatic heterocycles. The van der Waals surface area contributed by atoms with Gasteiger partial charge in [-0.05, 0) is 37.1 Å². The molecule has 0 aromatic heterocycles. The zero-order chi connectivity index (χ0) is 14.1. The van der Waals surface area contributed by atoms with Crippen molar-refractivity contribution in [2.75, 3.05) is 13.8 Å². The molecule has 102 valence electrons. The quantitative estimate of drug-likeness (QED) is 0.753. The van der Waals surface area contributed by atoms with E-state index in [0.29, 0.717) is 16.9 Å². The van der Waals surface area contributed by atoms with Gasteiger partial charge in [0.05, 0.1) is 7.11 Å². The first-order valence-electron chi connectivity index (χ1n) is 5.14. The Balaban J connectivity index is 3.42. The van der Waals surface area contributed by atoms with Gasteiger partial charge in [0.15, 0.2) is 0 Å². The van der Waals surface area contributed by atoms with Crippen LogP contribution in [0.1, 0.15) is 16.7 Å². The third-order valence-corrected chi connectivity index (χ3v) is 2.76. The highest BCUT2D eigenvalue weighted by Gasteiger charge is 2.57. The lowest BCUT2D eigenvalue weighted by molar-refractivity contribution is -0.240. The van der Waals surface area contributed by atoms with Crippen LogP contribution in [0.15, 0.2) is 12.1 Å². The maximum atomic E-state index is 13.8. The number of aryl methyl sites for hydroxylation is 2. The summed E-state index contributed by atoms with van der Waals surface area (Å²) in [5.74, 6) is 0.363. The van der Waals surface area contributed by atoms with Crippen LogP contribution >= 0.6 is 0 Å². The standard InChI is InChI=1S/C12H13F5O/c1-7-4-9(5-8(2)10(7)18-3)11(14,6-13)12(15,16)17/h4-5H,6H2,1-3H3/t11-/m1/s1. The molecule has 0 unspecified atom stereocenters. The topological polar surface area (TPSA) is 9.23 Å². The molecule has 1 atom stereocenters. The van der Waals surface area contributed by atoms with Gasteiger partial charge >= 0.3 is 6.18 Å². The highest BCUT2D eigenvalue weighted by Crippen LogP contribution is 2.44. The number of methoxy groups -OCH3 is 1. The molecule has 1 aromatic rings. The van der Waals surface area contributed by atoms with Gasteiger partial charge < -0.3 is 4.74 Å². The third-order valence-electron chi connectivity index (χ3n) is 2.76. The van der Waals surface area contributed by atoms with Gasteiger partial charge in [0.25, 0.3) is 5.67 Å². The van der Waals surface area contributed by atoms with E-state index in [4.69, 9.17) is 4.74 Å². The lowest BCUT2D eigenvalue weighted by Gasteiger charge is -2.26. The maximum Gasteiger partial charge on any atom is 0.429 e. The Morgan fingerprint density at radius 1 is 1.06 bits per heavy atom. The van der Waals surface area contributed by atoms with Crippen molar-refractivity contribution in [1.29, 1.82) is 0 Å². The van der Waals surface area contributed by atoms with Gasteiger partial charge in [0.2, 0.25) is 0 Å². The summed E-state index contributed by atoms with van der Waals surface area (Å²) in [6.07, 6.45) is -5.30. The average Bonchev–Trinajstić information content (AvgIpc) is 2.25. The number of halogens is 5. The van der Waals surface area contributed by atoms with E-state index in [1.807, 2.05) is 0 Å². The molecule has 1 rings (SSSR count). The van der Waals surface area contributed by atoms with Crippen LogP contribution in [0.5, 0.6) is 5.75 Å². The summed E-state index contributed by atoms with van der Waals surface area (Å²) in [6.45, 7) is 0.802. The second-order valence-corrected chi connectivity index (χ2v) is 4.08. The molecule has 0 saturated heterocycles. The molecule has 1 aromatic carbocycles. The second-order valence-electron chi connectivity index (χ2n) is 4.08. The number of rotatable bonds is 3. The van der Waals surface area contributed by atoms with Gasteiger partial charge in [0.1, 0.15) is 12.4 Å². The summed E-state index contributed by atoms with van der Waals surface area (Å²) in [5.41, 5.74) is -4.07. The zero-order valence-corrected chi connectivity index (χ0v) is 10.2. The largest absolute Gasteiger partial charge is 0.496 e. The Kier molecular flexibility index (Phi) is 3.88. The fraction of sp³-hybridized carbons (Fsp3) is 0.500. The molecular weight excluding hydrogens is 255 g/mol. The number of hydrogen-bond donors (Lipinski definition) is 0. The third kappa shape index (κ3) is 2.28. The number of benzene rings is 1. The van der Waals surface area contributed by atoms with E-state index in [1.54, 1.807) is 0 Å². The van der Waals surface area contributed by atoms with Crippen LogP contribution in [0.3, 0.4) is 0 Å². The predicted molar refractivity (Wildman–Crippen MR) is 57.3 cm³/mol.